The quantitative estimate of drug-likeness (QED) is 0.163. The molecule has 7 atom stereocenters. The van der Waals surface area contributed by atoms with Gasteiger partial charge in [0.25, 0.3) is 0 Å². The summed E-state index contributed by atoms with van der Waals surface area (Å²) < 4.78 is 32.6. The molecule has 3 aromatic carbocycles. The van der Waals surface area contributed by atoms with Gasteiger partial charge in [0.1, 0.15) is 29.8 Å². The second-order valence-electron chi connectivity index (χ2n) is 13.2. The van der Waals surface area contributed by atoms with E-state index in [1.54, 1.807) is 48.5 Å². The molecule has 4 heterocycles. The van der Waals surface area contributed by atoms with Crippen LogP contribution < -0.4 is 9.47 Å². The van der Waals surface area contributed by atoms with Crippen LogP contribution in [0.5, 0.6) is 23.0 Å². The number of ether oxygens (including phenoxy) is 6. The minimum absolute atomic E-state index is 0.245. The van der Waals surface area contributed by atoms with Crippen LogP contribution in [0.2, 0.25) is 0 Å². The van der Waals surface area contributed by atoms with Crippen molar-refractivity contribution in [2.45, 2.75) is 62.6 Å². The number of rotatable bonds is 6. The number of likely N-dealkylation sites (tertiary alicyclic amines) is 1. The number of phenols is 2. The summed E-state index contributed by atoms with van der Waals surface area (Å²) in [5.41, 5.74) is 2.15. The molecule has 2 unspecified atom stereocenters. The molecule has 2 N–H and O–H groups in total. The Morgan fingerprint density at radius 2 is 1.46 bits per heavy atom. The number of carbonyl (C=O) groups excluding carboxylic acids is 2. The number of hydrogen-bond donors (Lipinski definition) is 2. The zero-order valence-corrected chi connectivity index (χ0v) is 28.6. The molecule has 2 bridgehead atoms. The third-order valence-corrected chi connectivity index (χ3v) is 9.60. The fourth-order valence-electron chi connectivity index (χ4n) is 7.25. The molecule has 4 aliphatic heterocycles. The van der Waals surface area contributed by atoms with Crippen molar-refractivity contribution in [3.05, 3.63) is 96.1 Å². The van der Waals surface area contributed by atoms with Crippen molar-refractivity contribution in [1.29, 1.82) is 0 Å². The lowest BCUT2D eigenvalue weighted by molar-refractivity contribution is -0.152. The van der Waals surface area contributed by atoms with E-state index < -0.39 is 6.10 Å². The van der Waals surface area contributed by atoms with Crippen molar-refractivity contribution >= 4 is 11.9 Å². The molecule has 9 rings (SSSR count). The Kier molecular flexibility index (Phi) is 11.1. The number of likely N-dealkylation sites (N-methyl/N-ethyl adjacent to an activating group) is 1. The summed E-state index contributed by atoms with van der Waals surface area (Å²) in [6.07, 6.45) is 6.09. The number of epoxide rings is 2. The van der Waals surface area contributed by atoms with Crippen LogP contribution in [0.4, 0.5) is 0 Å². The highest BCUT2D eigenvalue weighted by Crippen LogP contribution is 2.62. The Bertz CT molecular complexity index is 1590. The summed E-state index contributed by atoms with van der Waals surface area (Å²) in [6, 6.07) is 21.7. The molecule has 3 saturated heterocycles. The van der Waals surface area contributed by atoms with E-state index in [2.05, 4.69) is 24.1 Å². The van der Waals surface area contributed by atoms with Crippen molar-refractivity contribution in [3.63, 3.8) is 0 Å². The van der Waals surface area contributed by atoms with E-state index in [1.165, 1.54) is 19.4 Å². The van der Waals surface area contributed by atoms with Gasteiger partial charge in [0.05, 0.1) is 26.4 Å². The fraction of sp³-hybridized carbons (Fsp3) is 0.436. The molecule has 0 saturated carbocycles. The van der Waals surface area contributed by atoms with Crippen molar-refractivity contribution in [2.24, 2.45) is 5.92 Å². The predicted octanol–water partition coefficient (Wildman–Crippen LogP) is 4.57. The number of hydrogen-bond acceptors (Lipinski definition) is 11. The normalized spacial score (nSPS) is 28.4. The first-order valence-corrected chi connectivity index (χ1v) is 17.0. The van der Waals surface area contributed by atoms with Crippen LogP contribution in [-0.2, 0) is 40.4 Å². The largest absolute Gasteiger partial charge is 0.508 e. The number of carbonyl (C=O) groups is 2. The third kappa shape index (κ3) is 8.30. The fourth-order valence-corrected chi connectivity index (χ4v) is 7.25. The van der Waals surface area contributed by atoms with Gasteiger partial charge in [0.15, 0.2) is 17.6 Å². The standard InChI is InChI=1S/C21H23NO5.C6H10O3.2C6H6O/c1-11(23)25-16-6-4-13-10-15-14-5-7-17(26-12(2)24)20-21(14,8-9-22(15)3)18(13)19(16)27-20;1(5-3-8-5)7-2-6-4-9-6;2*7-6-4-2-1-3-5-6/h4-7,14-15,17,20H,8-10H2,1-3H3;5-6H,1-4H2;2*1-5,7H/t14-,15+,17-,20-,21-;;;/m0.../s1. The van der Waals surface area contributed by atoms with Crippen LogP contribution in [0.25, 0.3) is 0 Å². The molecule has 0 amide bonds. The van der Waals surface area contributed by atoms with Gasteiger partial charge in [0, 0.05) is 36.8 Å². The van der Waals surface area contributed by atoms with Crippen LogP contribution in [0, 0.1) is 5.92 Å². The van der Waals surface area contributed by atoms with E-state index in [-0.39, 0.29) is 29.4 Å². The van der Waals surface area contributed by atoms with E-state index >= 15 is 0 Å². The summed E-state index contributed by atoms with van der Waals surface area (Å²) in [7, 11) is 2.17. The van der Waals surface area contributed by atoms with Gasteiger partial charge in [-0.25, -0.2) is 0 Å². The molecule has 6 aliphatic rings. The van der Waals surface area contributed by atoms with E-state index in [0.717, 1.165) is 51.4 Å². The second kappa shape index (κ2) is 15.6. The van der Waals surface area contributed by atoms with E-state index in [4.69, 9.17) is 38.6 Å². The van der Waals surface area contributed by atoms with Gasteiger partial charge in [-0.15, -0.1) is 0 Å². The van der Waals surface area contributed by atoms with Gasteiger partial charge in [0.2, 0.25) is 0 Å². The Balaban J connectivity index is 0.000000151. The number of benzene rings is 3. The molecular formula is C39H45NO10. The average Bonchev–Trinajstić information content (AvgIpc) is 4.04. The molecule has 266 valence electrons. The zero-order chi connectivity index (χ0) is 35.3. The van der Waals surface area contributed by atoms with Crippen molar-refractivity contribution < 1.29 is 48.2 Å². The first kappa shape index (κ1) is 35.4. The van der Waals surface area contributed by atoms with Crippen molar-refractivity contribution in [1.82, 2.24) is 4.90 Å². The number of piperidine rings is 1. The highest BCUT2D eigenvalue weighted by molar-refractivity contribution is 5.73. The van der Waals surface area contributed by atoms with E-state index in [1.807, 2.05) is 24.3 Å². The van der Waals surface area contributed by atoms with Gasteiger partial charge in [-0.2, -0.15) is 0 Å². The molecule has 50 heavy (non-hydrogen) atoms. The lowest BCUT2D eigenvalue weighted by atomic mass is 9.53. The molecule has 11 nitrogen and oxygen atoms in total. The van der Waals surface area contributed by atoms with E-state index in [0.29, 0.717) is 41.2 Å². The third-order valence-electron chi connectivity index (χ3n) is 9.60. The van der Waals surface area contributed by atoms with Gasteiger partial charge in [-0.05, 0) is 68.4 Å². The van der Waals surface area contributed by atoms with Crippen LogP contribution in [0.1, 0.15) is 31.4 Å². The van der Waals surface area contributed by atoms with Crippen LogP contribution >= 0.6 is 0 Å². The molecule has 2 aliphatic carbocycles. The van der Waals surface area contributed by atoms with Crippen molar-refractivity contribution in [2.75, 3.05) is 40.0 Å². The van der Waals surface area contributed by atoms with Crippen LogP contribution in [0.15, 0.2) is 84.9 Å². The maximum absolute atomic E-state index is 11.7. The molecule has 11 heteroatoms. The smallest absolute Gasteiger partial charge is 0.308 e. The van der Waals surface area contributed by atoms with Gasteiger partial charge < -0.3 is 43.5 Å². The Labute approximate surface area is 292 Å². The SMILES string of the molecule is C(OCC1CO1)C1CO1.CC(=O)Oc1ccc2c3c1O[C@H]1[C@@H](OC(C)=O)C=C[C@H]4[C@@H](C2)N(C)CC[C@@]341.Oc1ccccc1.Oc1ccccc1. The molecular weight excluding hydrogens is 642 g/mol. The number of nitrogens with zero attached hydrogens (tertiary/aromatic N) is 1. The topological polar surface area (TPSA) is 140 Å². The Hall–Kier alpha value is -4.42. The maximum atomic E-state index is 11.7. The van der Waals surface area contributed by atoms with Gasteiger partial charge in [-0.1, -0.05) is 48.5 Å². The first-order chi connectivity index (χ1) is 24.2. The molecule has 0 aromatic heterocycles. The predicted molar refractivity (Wildman–Crippen MR) is 183 cm³/mol. The summed E-state index contributed by atoms with van der Waals surface area (Å²) in [6.45, 7) is 7.03. The van der Waals surface area contributed by atoms with Crippen molar-refractivity contribution in [3.8, 4) is 23.0 Å². The van der Waals surface area contributed by atoms with Crippen LogP contribution in [-0.4, -0.2) is 97.5 Å². The number of para-hydroxylation sites is 2. The Morgan fingerprint density at radius 3 is 1.96 bits per heavy atom. The van der Waals surface area contributed by atoms with Gasteiger partial charge in [-0.3, -0.25) is 9.59 Å². The second-order valence-corrected chi connectivity index (χ2v) is 13.2. The van der Waals surface area contributed by atoms with Crippen LogP contribution in [0.3, 0.4) is 0 Å². The average molecular weight is 688 g/mol. The number of aromatic hydroxyl groups is 2. The molecule has 0 radical (unpaired) electrons. The molecule has 3 aromatic rings. The molecule has 3 fully saturated rings. The summed E-state index contributed by atoms with van der Waals surface area (Å²) >= 11 is 0. The number of phenolic OH excluding ortho intramolecular Hbond substituents is 2. The molecule has 1 spiro atoms. The monoisotopic (exact) mass is 687 g/mol. The summed E-state index contributed by atoms with van der Waals surface area (Å²) in [5.74, 6) is 1.36. The summed E-state index contributed by atoms with van der Waals surface area (Å²) in [5, 5.41) is 17.3. The Morgan fingerprint density at radius 1 is 0.860 bits per heavy atom. The minimum atomic E-state index is -0.439. The zero-order valence-electron chi connectivity index (χ0n) is 28.6. The number of esters is 2. The highest BCUT2D eigenvalue weighted by atomic mass is 16.6. The lowest BCUT2D eigenvalue weighted by Gasteiger charge is -2.56. The first-order valence-electron chi connectivity index (χ1n) is 17.0. The van der Waals surface area contributed by atoms with Gasteiger partial charge >= 0.3 is 11.9 Å². The minimum Gasteiger partial charge on any atom is -0.508 e. The highest BCUT2D eigenvalue weighted by Gasteiger charge is 2.65. The lowest BCUT2D eigenvalue weighted by Crippen LogP contribution is -2.65. The van der Waals surface area contributed by atoms with E-state index in [9.17, 15) is 9.59 Å². The summed E-state index contributed by atoms with van der Waals surface area (Å²) in [4.78, 5) is 25.7. The maximum Gasteiger partial charge on any atom is 0.308 e.